The summed E-state index contributed by atoms with van der Waals surface area (Å²) in [6.45, 7) is 4.53. The van der Waals surface area contributed by atoms with E-state index in [4.69, 9.17) is 5.73 Å². The second-order valence-corrected chi connectivity index (χ2v) is 5.69. The van der Waals surface area contributed by atoms with Crippen molar-refractivity contribution in [2.24, 2.45) is 11.7 Å². The van der Waals surface area contributed by atoms with Gasteiger partial charge in [-0.05, 0) is 29.9 Å². The van der Waals surface area contributed by atoms with E-state index in [2.05, 4.69) is 24.3 Å². The minimum Gasteiger partial charge on any atom is -0.340 e. The highest BCUT2D eigenvalue weighted by molar-refractivity contribution is 7.98. The summed E-state index contributed by atoms with van der Waals surface area (Å²) in [6.07, 6.45) is 2.05. The van der Waals surface area contributed by atoms with Gasteiger partial charge in [-0.2, -0.15) is 0 Å². The molecule has 18 heavy (non-hydrogen) atoms. The predicted molar refractivity (Wildman–Crippen MR) is 77.5 cm³/mol. The monoisotopic (exact) mass is 266 g/mol. The van der Waals surface area contributed by atoms with E-state index in [9.17, 15) is 4.79 Å². The zero-order valence-electron chi connectivity index (χ0n) is 11.5. The van der Waals surface area contributed by atoms with Crippen LogP contribution in [0.5, 0.6) is 0 Å². The van der Waals surface area contributed by atoms with Crippen LogP contribution < -0.4 is 5.73 Å². The van der Waals surface area contributed by atoms with Crippen molar-refractivity contribution in [3.8, 4) is 0 Å². The number of likely N-dealkylation sites (N-methyl/N-ethyl adjacent to an activating group) is 1. The Balaban J connectivity index is 2.63. The molecule has 1 aromatic rings. The summed E-state index contributed by atoms with van der Waals surface area (Å²) in [6, 6.07) is 7.83. The number of amides is 1. The van der Waals surface area contributed by atoms with Gasteiger partial charge in [0.15, 0.2) is 0 Å². The lowest BCUT2D eigenvalue weighted by atomic mass is 10.0. The van der Waals surface area contributed by atoms with Crippen LogP contribution in [0.25, 0.3) is 0 Å². The molecule has 100 valence electrons. The van der Waals surface area contributed by atoms with Gasteiger partial charge < -0.3 is 10.6 Å². The largest absolute Gasteiger partial charge is 0.340 e. The van der Waals surface area contributed by atoms with Crippen molar-refractivity contribution in [1.29, 1.82) is 0 Å². The molecule has 3 nitrogen and oxygen atoms in total. The zero-order valence-corrected chi connectivity index (χ0v) is 12.3. The fourth-order valence-electron chi connectivity index (χ4n) is 1.62. The summed E-state index contributed by atoms with van der Waals surface area (Å²) >= 11 is 1.71. The van der Waals surface area contributed by atoms with Gasteiger partial charge in [0, 0.05) is 18.5 Å². The smallest absolute Gasteiger partial charge is 0.239 e. The first-order valence-electron chi connectivity index (χ1n) is 6.09. The van der Waals surface area contributed by atoms with Gasteiger partial charge in [-0.3, -0.25) is 4.79 Å². The molecule has 4 heteroatoms. The summed E-state index contributed by atoms with van der Waals surface area (Å²) in [5, 5.41) is 0. The highest BCUT2D eigenvalue weighted by Gasteiger charge is 2.20. The van der Waals surface area contributed by atoms with E-state index in [1.165, 1.54) is 4.90 Å². The summed E-state index contributed by atoms with van der Waals surface area (Å²) < 4.78 is 0. The molecule has 0 aliphatic rings. The number of nitrogens with two attached hydrogens (primary N) is 1. The van der Waals surface area contributed by atoms with E-state index >= 15 is 0 Å². The van der Waals surface area contributed by atoms with Gasteiger partial charge >= 0.3 is 0 Å². The number of nitrogens with zero attached hydrogens (tertiary/aromatic N) is 1. The molecule has 0 fully saturated rings. The molecule has 2 N–H and O–H groups in total. The quantitative estimate of drug-likeness (QED) is 0.832. The Morgan fingerprint density at radius 3 is 2.33 bits per heavy atom. The maximum absolute atomic E-state index is 12.0. The lowest BCUT2D eigenvalue weighted by Gasteiger charge is -2.23. The average Bonchev–Trinajstić information content (AvgIpc) is 2.37. The molecular formula is C14H22N2OS. The molecule has 0 bridgehead atoms. The first-order valence-corrected chi connectivity index (χ1v) is 7.31. The van der Waals surface area contributed by atoms with E-state index < -0.39 is 6.04 Å². The molecule has 1 aromatic carbocycles. The predicted octanol–water partition coefficient (Wildman–Crippen LogP) is 2.35. The second-order valence-electron chi connectivity index (χ2n) is 4.81. The number of benzene rings is 1. The molecule has 0 aliphatic heterocycles. The van der Waals surface area contributed by atoms with E-state index in [1.54, 1.807) is 23.7 Å². The maximum atomic E-state index is 12.0. The highest BCUT2D eigenvalue weighted by Crippen LogP contribution is 2.16. The number of thioether (sulfide) groups is 1. The lowest BCUT2D eigenvalue weighted by molar-refractivity contribution is -0.132. The molecule has 0 spiro atoms. The van der Waals surface area contributed by atoms with Crippen LogP contribution in [-0.4, -0.2) is 30.2 Å². The Labute approximate surface area is 114 Å². The fraction of sp³-hybridized carbons (Fsp3) is 0.500. The Kier molecular flexibility index (Phi) is 5.69. The SMILES string of the molecule is CSc1ccc(CN(C)C(=O)C(N)C(C)C)cc1. The van der Waals surface area contributed by atoms with Crippen molar-refractivity contribution in [3.05, 3.63) is 29.8 Å². The third-order valence-corrected chi connectivity index (χ3v) is 3.70. The van der Waals surface area contributed by atoms with Crippen LogP contribution >= 0.6 is 11.8 Å². The van der Waals surface area contributed by atoms with Crippen molar-refractivity contribution >= 4 is 17.7 Å². The number of carbonyl (C=O) groups excluding carboxylic acids is 1. The fourth-order valence-corrected chi connectivity index (χ4v) is 2.03. The van der Waals surface area contributed by atoms with E-state index in [1.807, 2.05) is 20.1 Å². The molecule has 1 rings (SSSR count). The molecule has 1 amide bonds. The highest BCUT2D eigenvalue weighted by atomic mass is 32.2. The summed E-state index contributed by atoms with van der Waals surface area (Å²) in [4.78, 5) is 14.9. The van der Waals surface area contributed by atoms with Gasteiger partial charge in [0.2, 0.25) is 5.91 Å². The first kappa shape index (κ1) is 15.1. The van der Waals surface area contributed by atoms with Gasteiger partial charge in [0.1, 0.15) is 0 Å². The summed E-state index contributed by atoms with van der Waals surface area (Å²) in [5.41, 5.74) is 6.99. The number of hydrogen-bond acceptors (Lipinski definition) is 3. The van der Waals surface area contributed by atoms with Gasteiger partial charge in [0.05, 0.1) is 6.04 Å². The maximum Gasteiger partial charge on any atom is 0.239 e. The molecule has 0 saturated heterocycles. The second kappa shape index (κ2) is 6.81. The van der Waals surface area contributed by atoms with E-state index in [-0.39, 0.29) is 11.8 Å². The van der Waals surface area contributed by atoms with Gasteiger partial charge in [-0.25, -0.2) is 0 Å². The van der Waals surface area contributed by atoms with Crippen molar-refractivity contribution in [2.45, 2.75) is 31.3 Å². The topological polar surface area (TPSA) is 46.3 Å². The molecule has 0 saturated carbocycles. The Morgan fingerprint density at radius 1 is 1.33 bits per heavy atom. The Morgan fingerprint density at radius 2 is 1.89 bits per heavy atom. The molecular weight excluding hydrogens is 244 g/mol. The number of hydrogen-bond donors (Lipinski definition) is 1. The molecule has 1 atom stereocenters. The van der Waals surface area contributed by atoms with E-state index in [0.29, 0.717) is 6.54 Å². The normalized spacial score (nSPS) is 12.6. The minimum absolute atomic E-state index is 0.000979. The number of carbonyl (C=O) groups is 1. The Hall–Kier alpha value is -1.00. The van der Waals surface area contributed by atoms with Crippen molar-refractivity contribution < 1.29 is 4.79 Å². The Bertz CT molecular complexity index is 389. The molecule has 1 unspecified atom stereocenters. The van der Waals surface area contributed by atoms with Gasteiger partial charge in [-0.15, -0.1) is 11.8 Å². The third kappa shape index (κ3) is 4.03. The van der Waals surface area contributed by atoms with Crippen molar-refractivity contribution in [2.75, 3.05) is 13.3 Å². The standard InChI is InChI=1S/C14H22N2OS/c1-10(2)13(15)14(17)16(3)9-11-5-7-12(18-4)8-6-11/h5-8,10,13H,9,15H2,1-4H3. The molecule has 0 radical (unpaired) electrons. The van der Waals surface area contributed by atoms with Crippen molar-refractivity contribution in [1.82, 2.24) is 4.90 Å². The van der Waals surface area contributed by atoms with Gasteiger partial charge in [-0.1, -0.05) is 26.0 Å². The zero-order chi connectivity index (χ0) is 13.7. The summed E-state index contributed by atoms with van der Waals surface area (Å²) in [5.74, 6) is 0.165. The van der Waals surface area contributed by atoms with Crippen LogP contribution in [0.3, 0.4) is 0 Å². The van der Waals surface area contributed by atoms with Gasteiger partial charge in [0.25, 0.3) is 0 Å². The molecule has 0 aromatic heterocycles. The van der Waals surface area contributed by atoms with Crippen LogP contribution in [0.2, 0.25) is 0 Å². The average molecular weight is 266 g/mol. The van der Waals surface area contributed by atoms with Crippen molar-refractivity contribution in [3.63, 3.8) is 0 Å². The number of rotatable bonds is 5. The molecule has 0 aliphatic carbocycles. The summed E-state index contributed by atoms with van der Waals surface area (Å²) in [7, 11) is 1.80. The van der Waals surface area contributed by atoms with Crippen LogP contribution in [0.15, 0.2) is 29.2 Å². The van der Waals surface area contributed by atoms with Crippen LogP contribution in [0, 0.1) is 5.92 Å². The van der Waals surface area contributed by atoms with Crippen LogP contribution in [0.1, 0.15) is 19.4 Å². The third-order valence-electron chi connectivity index (χ3n) is 2.96. The lowest BCUT2D eigenvalue weighted by Crippen LogP contribution is -2.44. The van der Waals surface area contributed by atoms with Crippen LogP contribution in [0.4, 0.5) is 0 Å². The van der Waals surface area contributed by atoms with Crippen LogP contribution in [-0.2, 0) is 11.3 Å². The van der Waals surface area contributed by atoms with E-state index in [0.717, 1.165) is 5.56 Å². The molecule has 0 heterocycles. The minimum atomic E-state index is -0.416. The first-order chi connectivity index (χ1) is 8.45.